The van der Waals surface area contributed by atoms with Gasteiger partial charge >= 0.3 is 0 Å². The topological polar surface area (TPSA) is 63.2 Å². The number of thiazole rings is 1. The Morgan fingerprint density at radius 2 is 2.00 bits per heavy atom. The number of hydrogen-bond donors (Lipinski definition) is 1. The van der Waals surface area contributed by atoms with Crippen molar-refractivity contribution in [3.63, 3.8) is 0 Å². The van der Waals surface area contributed by atoms with Gasteiger partial charge in [-0.05, 0) is 31.5 Å². The molecule has 3 aromatic rings. The second-order valence-corrected chi connectivity index (χ2v) is 7.27. The molecule has 0 radical (unpaired) electrons. The van der Waals surface area contributed by atoms with Gasteiger partial charge in [0.25, 0.3) is 0 Å². The maximum absolute atomic E-state index is 5.43. The first kappa shape index (κ1) is 16.2. The number of ether oxygens (including phenoxy) is 1. The monoisotopic (exact) mass is 355 g/mol. The normalized spacial score (nSPS) is 14.9. The zero-order valence-corrected chi connectivity index (χ0v) is 15.3. The molecule has 0 unspecified atom stereocenters. The van der Waals surface area contributed by atoms with E-state index in [1.807, 2.05) is 25.1 Å². The second-order valence-electron chi connectivity index (χ2n) is 6.04. The number of fused-ring (bicyclic) bond motifs is 1. The molecule has 0 saturated carbocycles. The van der Waals surface area contributed by atoms with Crippen LogP contribution in [0.5, 0.6) is 0 Å². The van der Waals surface area contributed by atoms with Crippen molar-refractivity contribution in [3.8, 4) is 0 Å². The summed E-state index contributed by atoms with van der Waals surface area (Å²) < 4.78 is 6.61. The molecule has 0 spiro atoms. The van der Waals surface area contributed by atoms with Crippen LogP contribution in [0.15, 0.2) is 24.3 Å². The van der Waals surface area contributed by atoms with Gasteiger partial charge in [0.05, 0.1) is 28.4 Å². The maximum Gasteiger partial charge on any atom is 0.227 e. The van der Waals surface area contributed by atoms with Crippen LogP contribution in [-0.2, 0) is 11.2 Å². The molecule has 2 aromatic heterocycles. The van der Waals surface area contributed by atoms with Crippen LogP contribution in [0.1, 0.15) is 17.6 Å². The zero-order valence-electron chi connectivity index (χ0n) is 14.5. The van der Waals surface area contributed by atoms with Gasteiger partial charge in [-0.2, -0.15) is 4.98 Å². The zero-order chi connectivity index (χ0) is 17.2. The highest BCUT2D eigenvalue weighted by molar-refractivity contribution is 7.18. The highest BCUT2D eigenvalue weighted by Crippen LogP contribution is 2.27. The number of benzene rings is 1. The summed E-state index contributed by atoms with van der Waals surface area (Å²) in [6.07, 6.45) is 0.877. The average Bonchev–Trinajstić information content (AvgIpc) is 3.01. The molecule has 3 heterocycles. The lowest BCUT2D eigenvalue weighted by molar-refractivity contribution is 0.122. The third-order valence-corrected chi connectivity index (χ3v) is 5.12. The first-order valence-corrected chi connectivity index (χ1v) is 9.38. The number of nitrogens with one attached hydrogen (secondary N) is 1. The molecule has 130 valence electrons. The van der Waals surface area contributed by atoms with E-state index in [-0.39, 0.29) is 0 Å². The molecule has 6 nitrogen and oxygen atoms in total. The third-order valence-electron chi connectivity index (χ3n) is 4.19. The van der Waals surface area contributed by atoms with E-state index in [4.69, 9.17) is 9.72 Å². The van der Waals surface area contributed by atoms with Crippen molar-refractivity contribution in [3.05, 3.63) is 35.0 Å². The van der Waals surface area contributed by atoms with Gasteiger partial charge in [0, 0.05) is 30.5 Å². The lowest BCUT2D eigenvalue weighted by atomic mass is 10.3. The van der Waals surface area contributed by atoms with E-state index in [9.17, 15) is 0 Å². The first-order chi connectivity index (χ1) is 12.2. The van der Waals surface area contributed by atoms with E-state index in [0.717, 1.165) is 66.4 Å². The Labute approximate surface area is 150 Å². The van der Waals surface area contributed by atoms with Crippen LogP contribution in [-0.4, -0.2) is 41.3 Å². The number of hydrogen-bond acceptors (Lipinski definition) is 7. The highest BCUT2D eigenvalue weighted by Gasteiger charge is 2.15. The van der Waals surface area contributed by atoms with E-state index in [1.54, 1.807) is 11.3 Å². The van der Waals surface area contributed by atoms with Crippen molar-refractivity contribution in [2.45, 2.75) is 20.3 Å². The minimum atomic E-state index is 0.726. The molecule has 1 aliphatic rings. The van der Waals surface area contributed by atoms with Crippen LogP contribution < -0.4 is 10.2 Å². The summed E-state index contributed by atoms with van der Waals surface area (Å²) in [5, 5.41) is 4.51. The average molecular weight is 355 g/mol. The quantitative estimate of drug-likeness (QED) is 0.772. The van der Waals surface area contributed by atoms with Gasteiger partial charge in [-0.1, -0.05) is 6.92 Å². The van der Waals surface area contributed by atoms with Gasteiger partial charge in [0.15, 0.2) is 0 Å². The SMILES string of the molecule is CCc1cc(Nc2ccc3nc(C)sc3c2)nc(N2CCOCC2)n1. The second kappa shape index (κ2) is 6.93. The molecular weight excluding hydrogens is 334 g/mol. The molecule has 7 heteroatoms. The summed E-state index contributed by atoms with van der Waals surface area (Å²) in [5.41, 5.74) is 3.09. The predicted molar refractivity (Wildman–Crippen MR) is 102 cm³/mol. The number of nitrogens with zero attached hydrogens (tertiary/aromatic N) is 4. The number of rotatable bonds is 4. The Kier molecular flexibility index (Phi) is 4.50. The standard InChI is InChI=1S/C18H21N5OS/c1-3-13-11-17(22-18(21-13)23-6-8-24-9-7-23)20-14-4-5-15-16(10-14)25-12(2)19-15/h4-5,10-11H,3,6-9H2,1-2H3,(H,20,21,22). The Hall–Kier alpha value is -2.25. The van der Waals surface area contributed by atoms with Gasteiger partial charge in [0.1, 0.15) is 5.82 Å². The third kappa shape index (κ3) is 3.57. The van der Waals surface area contributed by atoms with Crippen molar-refractivity contribution in [2.24, 2.45) is 0 Å². The van der Waals surface area contributed by atoms with Crippen LogP contribution in [0.25, 0.3) is 10.2 Å². The molecule has 0 atom stereocenters. The maximum atomic E-state index is 5.43. The van der Waals surface area contributed by atoms with E-state index in [0.29, 0.717) is 0 Å². The molecule has 0 bridgehead atoms. The highest BCUT2D eigenvalue weighted by atomic mass is 32.1. The summed E-state index contributed by atoms with van der Waals surface area (Å²) in [6.45, 7) is 7.26. The van der Waals surface area contributed by atoms with Gasteiger partial charge in [0.2, 0.25) is 5.95 Å². The van der Waals surface area contributed by atoms with Gasteiger partial charge in [-0.25, -0.2) is 9.97 Å². The van der Waals surface area contributed by atoms with Crippen LogP contribution in [0.3, 0.4) is 0 Å². The first-order valence-electron chi connectivity index (χ1n) is 8.56. The Bertz CT molecular complexity index is 888. The van der Waals surface area contributed by atoms with E-state index < -0.39 is 0 Å². The fourth-order valence-corrected chi connectivity index (χ4v) is 3.77. The smallest absolute Gasteiger partial charge is 0.227 e. The molecule has 1 saturated heterocycles. The minimum Gasteiger partial charge on any atom is -0.378 e. The van der Waals surface area contributed by atoms with Gasteiger partial charge in [-0.15, -0.1) is 11.3 Å². The molecule has 25 heavy (non-hydrogen) atoms. The summed E-state index contributed by atoms with van der Waals surface area (Å²) in [5.74, 6) is 1.61. The molecule has 0 amide bonds. The fraction of sp³-hybridized carbons (Fsp3) is 0.389. The Balaban J connectivity index is 1.63. The van der Waals surface area contributed by atoms with Crippen LogP contribution in [0, 0.1) is 6.92 Å². The minimum absolute atomic E-state index is 0.726. The van der Waals surface area contributed by atoms with E-state index in [2.05, 4.69) is 33.2 Å². The number of aromatic nitrogens is 3. The van der Waals surface area contributed by atoms with Crippen molar-refractivity contribution >= 4 is 39.0 Å². The lowest BCUT2D eigenvalue weighted by Gasteiger charge is -2.27. The molecule has 1 aliphatic heterocycles. The molecule has 0 aliphatic carbocycles. The largest absolute Gasteiger partial charge is 0.378 e. The molecule has 1 N–H and O–H groups in total. The van der Waals surface area contributed by atoms with Crippen molar-refractivity contribution in [1.29, 1.82) is 0 Å². The van der Waals surface area contributed by atoms with Crippen molar-refractivity contribution in [1.82, 2.24) is 15.0 Å². The number of anilines is 3. The van der Waals surface area contributed by atoms with Crippen molar-refractivity contribution in [2.75, 3.05) is 36.5 Å². The summed E-state index contributed by atoms with van der Waals surface area (Å²) in [4.78, 5) is 16.1. The van der Waals surface area contributed by atoms with E-state index >= 15 is 0 Å². The Morgan fingerprint density at radius 3 is 2.80 bits per heavy atom. The van der Waals surface area contributed by atoms with Gasteiger partial charge < -0.3 is 15.0 Å². The van der Waals surface area contributed by atoms with E-state index in [1.165, 1.54) is 4.70 Å². The predicted octanol–water partition coefficient (Wildman–Crippen LogP) is 3.54. The summed E-state index contributed by atoms with van der Waals surface area (Å²) in [7, 11) is 0. The Morgan fingerprint density at radius 1 is 1.16 bits per heavy atom. The molecular formula is C18H21N5OS. The van der Waals surface area contributed by atoms with Crippen LogP contribution in [0.2, 0.25) is 0 Å². The number of aryl methyl sites for hydroxylation is 2. The summed E-state index contributed by atoms with van der Waals surface area (Å²) in [6, 6.07) is 8.24. The lowest BCUT2D eigenvalue weighted by Crippen LogP contribution is -2.37. The van der Waals surface area contributed by atoms with Crippen LogP contribution >= 0.6 is 11.3 Å². The molecule has 1 fully saturated rings. The summed E-state index contributed by atoms with van der Waals surface area (Å²) >= 11 is 1.70. The van der Waals surface area contributed by atoms with Gasteiger partial charge in [-0.3, -0.25) is 0 Å². The fourth-order valence-electron chi connectivity index (χ4n) is 2.90. The molecule has 4 rings (SSSR count). The van der Waals surface area contributed by atoms with Crippen molar-refractivity contribution < 1.29 is 4.74 Å². The number of morpholine rings is 1. The van der Waals surface area contributed by atoms with Crippen LogP contribution in [0.4, 0.5) is 17.5 Å². The molecule has 1 aromatic carbocycles.